The summed E-state index contributed by atoms with van der Waals surface area (Å²) in [6.45, 7) is 2.80. The van der Waals surface area contributed by atoms with Crippen LogP contribution in [0.3, 0.4) is 0 Å². The lowest BCUT2D eigenvalue weighted by molar-refractivity contribution is -0.141. The molecule has 4 fully saturated rings. The second-order valence-corrected chi connectivity index (χ2v) is 19.1. The Kier molecular flexibility index (Phi) is 10.4. The van der Waals surface area contributed by atoms with Crippen LogP contribution >= 0.6 is 11.3 Å². The first-order valence-corrected chi connectivity index (χ1v) is 22.4. The molecule has 0 unspecified atom stereocenters. The van der Waals surface area contributed by atoms with E-state index in [1.165, 1.54) is 21.8 Å². The summed E-state index contributed by atoms with van der Waals surface area (Å²) in [6.07, 6.45) is 10.4. The predicted molar refractivity (Wildman–Crippen MR) is 203 cm³/mol. The Bertz CT molecular complexity index is 1890. The molecule has 292 valence electrons. The normalized spacial score (nSPS) is 29.3. The monoisotopic (exact) mass is 780 g/mol. The van der Waals surface area contributed by atoms with E-state index in [4.69, 9.17) is 9.72 Å². The molecule has 3 saturated carbocycles. The van der Waals surface area contributed by atoms with Gasteiger partial charge in [0.25, 0.3) is 5.91 Å². The number of sulfonamides is 1. The number of benzene rings is 1. The molecule has 3 N–H and O–H groups in total. The van der Waals surface area contributed by atoms with Crippen LogP contribution in [-0.2, 0) is 55.1 Å². The largest absolute Gasteiger partial charge is 0.444 e. The van der Waals surface area contributed by atoms with Crippen molar-refractivity contribution in [3.05, 3.63) is 46.0 Å². The van der Waals surface area contributed by atoms with Crippen molar-refractivity contribution in [3.63, 3.8) is 0 Å². The molecule has 6 aliphatic rings. The number of amides is 4. The van der Waals surface area contributed by atoms with Gasteiger partial charge in [0.1, 0.15) is 23.7 Å². The molecule has 3 aliphatic heterocycles. The molecule has 1 aromatic heterocycles. The lowest BCUT2D eigenvalue weighted by Crippen LogP contribution is -2.58. The van der Waals surface area contributed by atoms with Crippen LogP contribution in [0, 0.1) is 11.8 Å². The van der Waals surface area contributed by atoms with Crippen LogP contribution in [0.25, 0.3) is 0 Å². The highest BCUT2D eigenvalue weighted by Gasteiger charge is 2.62. The molecule has 8 rings (SSSR count). The molecule has 3 aliphatic carbocycles. The van der Waals surface area contributed by atoms with Crippen LogP contribution in [-0.4, -0.2) is 82.5 Å². The number of carbonyl (C=O) groups is 4. The Morgan fingerprint density at radius 2 is 1.78 bits per heavy atom. The number of aromatic nitrogens is 1. The second kappa shape index (κ2) is 15.1. The zero-order valence-electron chi connectivity index (χ0n) is 31.0. The molecule has 4 heterocycles. The smallest absolute Gasteiger partial charge is 0.410 e. The number of hydrogen-bond acceptors (Lipinski definition) is 10. The summed E-state index contributed by atoms with van der Waals surface area (Å²) >= 11 is 1.49. The van der Waals surface area contributed by atoms with E-state index in [1.807, 2.05) is 13.0 Å². The maximum absolute atomic E-state index is 14.9. The van der Waals surface area contributed by atoms with Gasteiger partial charge in [-0.05, 0) is 86.3 Å². The van der Waals surface area contributed by atoms with Gasteiger partial charge in [-0.15, -0.1) is 11.3 Å². The number of rotatable bonds is 7. The van der Waals surface area contributed by atoms with Crippen LogP contribution in [0.2, 0.25) is 0 Å². The molecule has 15 heteroatoms. The maximum Gasteiger partial charge on any atom is 0.410 e. The Morgan fingerprint density at radius 1 is 1.02 bits per heavy atom. The standard InChI is InChI=1S/C39H52N6O7S2/c1-2-27-19-39(27,36(48)43-54(50,51)30-16-17-30)42-34(46)32-18-29-21-45(32)35(47)33(25-11-6-3-7-12-25)41-37-40-28(23-53-37)15-8-4-5-10-24-13-9-14-26-20-44(22-31(24)26)38(49)52-29/h9,13-14,23,25,27,29-30,32-33H,2-8,10-12,15-22H2,1H3,(H,40,41)(H,42,46)(H,43,48)/t27-,29-,32+,33+,39-/m1/s1. The van der Waals surface area contributed by atoms with Crippen molar-refractivity contribution in [2.24, 2.45) is 11.8 Å². The van der Waals surface area contributed by atoms with Crippen LogP contribution in [0.5, 0.6) is 0 Å². The van der Waals surface area contributed by atoms with Crippen molar-refractivity contribution in [1.29, 1.82) is 0 Å². The van der Waals surface area contributed by atoms with Crippen molar-refractivity contribution in [2.45, 2.75) is 145 Å². The van der Waals surface area contributed by atoms with Gasteiger partial charge in [0.2, 0.25) is 21.8 Å². The van der Waals surface area contributed by atoms with Crippen LogP contribution in [0.4, 0.5) is 9.93 Å². The van der Waals surface area contributed by atoms with E-state index in [9.17, 15) is 27.6 Å². The fourth-order valence-electron chi connectivity index (χ4n) is 9.19. The van der Waals surface area contributed by atoms with E-state index in [1.54, 1.807) is 4.90 Å². The van der Waals surface area contributed by atoms with Crippen molar-refractivity contribution >= 4 is 50.3 Å². The summed E-state index contributed by atoms with van der Waals surface area (Å²) in [7, 11) is -3.84. The topological polar surface area (TPSA) is 167 Å². The number of anilines is 1. The molecular weight excluding hydrogens is 729 g/mol. The molecule has 6 bridgehead atoms. The second-order valence-electron chi connectivity index (χ2n) is 16.3. The molecule has 13 nitrogen and oxygen atoms in total. The molecule has 0 radical (unpaired) electrons. The van der Waals surface area contributed by atoms with Crippen molar-refractivity contribution in [2.75, 3.05) is 11.9 Å². The van der Waals surface area contributed by atoms with E-state index in [2.05, 4.69) is 32.9 Å². The summed E-state index contributed by atoms with van der Waals surface area (Å²) in [6, 6.07) is 4.57. The van der Waals surface area contributed by atoms with Crippen molar-refractivity contribution in [3.8, 4) is 0 Å². The van der Waals surface area contributed by atoms with Gasteiger partial charge in [-0.1, -0.05) is 57.2 Å². The van der Waals surface area contributed by atoms with E-state index in [0.29, 0.717) is 43.9 Å². The zero-order valence-corrected chi connectivity index (χ0v) is 32.7. The molecule has 54 heavy (non-hydrogen) atoms. The number of hydrogen-bond donors (Lipinski definition) is 3. The SMILES string of the molecule is CC[C@@H]1C[C@]1(NC(=O)[C@@H]1C[C@@H]2CN1C(=O)[C@H](C1CCCCC1)Nc1nc(cs1)CCCCCc1cccc3c1CN(C3)C(=O)O2)C(=O)NS(=O)(=O)C1CC1. The highest BCUT2D eigenvalue weighted by Crippen LogP contribution is 2.47. The average Bonchev–Trinajstić information content (AvgIpc) is 3.98. The number of nitrogens with one attached hydrogen (secondary N) is 3. The first-order valence-electron chi connectivity index (χ1n) is 20.0. The Labute approximate surface area is 321 Å². The van der Waals surface area contributed by atoms with Gasteiger partial charge in [-0.3, -0.25) is 24.0 Å². The van der Waals surface area contributed by atoms with Crippen molar-refractivity contribution in [1.82, 2.24) is 24.8 Å². The highest BCUT2D eigenvalue weighted by atomic mass is 32.2. The minimum atomic E-state index is -3.84. The first kappa shape index (κ1) is 37.2. The molecule has 5 atom stereocenters. The van der Waals surface area contributed by atoms with E-state index in [-0.39, 0.29) is 30.7 Å². The van der Waals surface area contributed by atoms with E-state index >= 15 is 0 Å². The highest BCUT2D eigenvalue weighted by molar-refractivity contribution is 7.91. The zero-order chi connectivity index (χ0) is 37.6. The molecule has 2 aromatic rings. The molecule has 0 spiro atoms. The summed E-state index contributed by atoms with van der Waals surface area (Å²) in [4.78, 5) is 64.8. The van der Waals surface area contributed by atoms with Gasteiger partial charge < -0.3 is 20.3 Å². The lowest BCUT2D eigenvalue weighted by Gasteiger charge is -2.34. The summed E-state index contributed by atoms with van der Waals surface area (Å²) in [5, 5.41) is 8.56. The average molecular weight is 781 g/mol. The third-order valence-electron chi connectivity index (χ3n) is 12.6. The number of ether oxygens (including phenoxy) is 1. The Morgan fingerprint density at radius 3 is 2.54 bits per heavy atom. The third-order valence-corrected chi connectivity index (χ3v) is 15.2. The maximum atomic E-state index is 14.9. The van der Waals surface area contributed by atoms with Crippen LogP contribution < -0.4 is 15.4 Å². The van der Waals surface area contributed by atoms with Gasteiger partial charge in [0.15, 0.2) is 5.13 Å². The van der Waals surface area contributed by atoms with Gasteiger partial charge >= 0.3 is 6.09 Å². The molecule has 1 aromatic carbocycles. The minimum Gasteiger partial charge on any atom is -0.444 e. The number of nitrogens with zero attached hydrogens (tertiary/aromatic N) is 3. The fraction of sp³-hybridized carbons (Fsp3) is 0.667. The minimum absolute atomic E-state index is 0.0230. The quantitative estimate of drug-likeness (QED) is 0.358. The van der Waals surface area contributed by atoms with Crippen molar-refractivity contribution < 1.29 is 32.3 Å². The van der Waals surface area contributed by atoms with Gasteiger partial charge in [0.05, 0.1) is 17.5 Å². The first-order chi connectivity index (χ1) is 26.0. The summed E-state index contributed by atoms with van der Waals surface area (Å²) in [5.74, 6) is -1.76. The van der Waals surface area contributed by atoms with E-state index < -0.39 is 56.9 Å². The summed E-state index contributed by atoms with van der Waals surface area (Å²) < 4.78 is 33.9. The van der Waals surface area contributed by atoms with E-state index in [0.717, 1.165) is 81.0 Å². The molecular formula is C39H52N6O7S2. The number of thiazole rings is 1. The molecule has 4 amide bonds. The number of fused-ring (bicyclic) bond motifs is 5. The fourth-order valence-corrected chi connectivity index (χ4v) is 11.3. The van der Waals surface area contributed by atoms with Gasteiger partial charge in [0, 0.05) is 24.9 Å². The van der Waals surface area contributed by atoms with Crippen LogP contribution in [0.15, 0.2) is 23.6 Å². The molecule has 1 saturated heterocycles. The van der Waals surface area contributed by atoms with Crippen LogP contribution in [0.1, 0.15) is 113 Å². The summed E-state index contributed by atoms with van der Waals surface area (Å²) in [5.41, 5.74) is 3.12. The lowest BCUT2D eigenvalue weighted by atomic mass is 9.83. The van der Waals surface area contributed by atoms with Gasteiger partial charge in [-0.2, -0.15) is 0 Å². The Balaban J connectivity index is 1.08. The number of carbonyl (C=O) groups excluding carboxylic acids is 4. The third kappa shape index (κ3) is 7.59. The predicted octanol–water partition coefficient (Wildman–Crippen LogP) is 4.79. The number of aryl methyl sites for hydroxylation is 2. The van der Waals surface area contributed by atoms with Gasteiger partial charge in [-0.25, -0.2) is 18.2 Å². The Hall–Kier alpha value is -3.72.